The Balaban J connectivity index is 1.68. The van der Waals surface area contributed by atoms with Crippen molar-refractivity contribution < 1.29 is 9.18 Å². The van der Waals surface area contributed by atoms with E-state index in [0.717, 1.165) is 12.8 Å². The normalized spacial score (nSPS) is 15.8. The summed E-state index contributed by atoms with van der Waals surface area (Å²) in [6, 6.07) is 6.93. The molecule has 1 aliphatic rings. The van der Waals surface area contributed by atoms with Crippen LogP contribution < -0.4 is 10.6 Å². The number of hydrogen-bond acceptors (Lipinski definition) is 2. The van der Waals surface area contributed by atoms with Crippen LogP contribution in [-0.2, 0) is 11.3 Å². The Bertz CT molecular complexity index is 403. The van der Waals surface area contributed by atoms with Crippen molar-refractivity contribution in [3.63, 3.8) is 0 Å². The molecule has 2 N–H and O–H groups in total. The van der Waals surface area contributed by atoms with Crippen molar-refractivity contribution in [3.8, 4) is 0 Å². The van der Waals surface area contributed by atoms with Gasteiger partial charge < -0.3 is 10.6 Å². The number of nitrogens with one attached hydrogen (secondary N) is 2. The van der Waals surface area contributed by atoms with E-state index < -0.39 is 0 Å². The molecule has 1 aromatic carbocycles. The average Bonchev–Trinajstić information content (AvgIpc) is 2.84. The van der Waals surface area contributed by atoms with Crippen LogP contribution in [0.15, 0.2) is 24.3 Å². The Kier molecular flexibility index (Phi) is 4.70. The number of benzene rings is 1. The van der Waals surface area contributed by atoms with Gasteiger partial charge in [-0.25, -0.2) is 4.39 Å². The number of carbonyl (C=O) groups excluding carboxylic acids is 1. The summed E-state index contributed by atoms with van der Waals surface area (Å²) in [5, 5.41) is 5.95. The monoisotopic (exact) mass is 250 g/mol. The molecule has 4 heteroatoms. The van der Waals surface area contributed by atoms with Crippen molar-refractivity contribution in [2.75, 3.05) is 6.54 Å². The lowest BCUT2D eigenvalue weighted by molar-refractivity contribution is -0.120. The first kappa shape index (κ1) is 13.0. The number of hydrogen-bond donors (Lipinski definition) is 2. The Morgan fingerprint density at radius 3 is 2.72 bits per heavy atom. The van der Waals surface area contributed by atoms with Gasteiger partial charge in [-0.15, -0.1) is 0 Å². The maximum Gasteiger partial charge on any atom is 0.234 e. The van der Waals surface area contributed by atoms with Crippen LogP contribution in [0, 0.1) is 5.82 Å². The molecule has 1 saturated carbocycles. The molecule has 2 rings (SSSR count). The summed E-state index contributed by atoms with van der Waals surface area (Å²) in [6.07, 6.45) is 4.57. The van der Waals surface area contributed by atoms with E-state index in [1.165, 1.54) is 18.9 Å². The van der Waals surface area contributed by atoms with Gasteiger partial charge in [-0.3, -0.25) is 4.79 Å². The maximum absolute atomic E-state index is 13.3. The molecule has 0 radical (unpaired) electrons. The van der Waals surface area contributed by atoms with Gasteiger partial charge in [0.05, 0.1) is 6.54 Å². The number of rotatable bonds is 5. The van der Waals surface area contributed by atoms with E-state index in [0.29, 0.717) is 18.2 Å². The van der Waals surface area contributed by atoms with Crippen molar-refractivity contribution in [2.24, 2.45) is 0 Å². The molecule has 0 atom stereocenters. The molecular weight excluding hydrogens is 231 g/mol. The molecule has 3 nitrogen and oxygen atoms in total. The smallest absolute Gasteiger partial charge is 0.234 e. The molecule has 98 valence electrons. The van der Waals surface area contributed by atoms with Gasteiger partial charge in [0.25, 0.3) is 0 Å². The average molecular weight is 250 g/mol. The highest BCUT2D eigenvalue weighted by Gasteiger charge is 2.16. The highest BCUT2D eigenvalue weighted by molar-refractivity contribution is 5.78. The standard InChI is InChI=1S/C14H19FN2O/c15-13-8-4-1-5-11(13)9-16-10-14(18)17-12-6-2-3-7-12/h1,4-5,8,12,16H,2-3,6-7,9-10H2,(H,17,18). The summed E-state index contributed by atoms with van der Waals surface area (Å²) in [5.74, 6) is -0.237. The molecular formula is C14H19FN2O. The topological polar surface area (TPSA) is 41.1 Å². The van der Waals surface area contributed by atoms with Gasteiger partial charge in [0.1, 0.15) is 5.82 Å². The Labute approximate surface area is 107 Å². The lowest BCUT2D eigenvalue weighted by Crippen LogP contribution is -2.39. The van der Waals surface area contributed by atoms with E-state index in [9.17, 15) is 9.18 Å². The zero-order valence-electron chi connectivity index (χ0n) is 10.4. The van der Waals surface area contributed by atoms with Gasteiger partial charge in [0.2, 0.25) is 5.91 Å². The third-order valence-corrected chi connectivity index (χ3v) is 3.28. The quantitative estimate of drug-likeness (QED) is 0.839. The van der Waals surface area contributed by atoms with Crippen LogP contribution in [0.25, 0.3) is 0 Å². The second-order valence-electron chi connectivity index (χ2n) is 4.74. The first-order valence-electron chi connectivity index (χ1n) is 6.49. The van der Waals surface area contributed by atoms with E-state index >= 15 is 0 Å². The van der Waals surface area contributed by atoms with Gasteiger partial charge in [0.15, 0.2) is 0 Å². The third-order valence-electron chi connectivity index (χ3n) is 3.28. The van der Waals surface area contributed by atoms with Crippen LogP contribution in [0.1, 0.15) is 31.2 Å². The number of carbonyl (C=O) groups is 1. The predicted octanol–water partition coefficient (Wildman–Crippen LogP) is 1.97. The fraction of sp³-hybridized carbons (Fsp3) is 0.500. The zero-order chi connectivity index (χ0) is 12.8. The lowest BCUT2D eigenvalue weighted by Gasteiger charge is -2.12. The fourth-order valence-electron chi connectivity index (χ4n) is 2.30. The minimum Gasteiger partial charge on any atom is -0.352 e. The van der Waals surface area contributed by atoms with E-state index in [-0.39, 0.29) is 18.3 Å². The van der Waals surface area contributed by atoms with Crippen LogP contribution in [-0.4, -0.2) is 18.5 Å². The molecule has 0 aliphatic heterocycles. The van der Waals surface area contributed by atoms with Crippen LogP contribution in [0.2, 0.25) is 0 Å². The van der Waals surface area contributed by atoms with Gasteiger partial charge >= 0.3 is 0 Å². The molecule has 18 heavy (non-hydrogen) atoms. The van der Waals surface area contributed by atoms with Crippen LogP contribution in [0.4, 0.5) is 4.39 Å². The van der Waals surface area contributed by atoms with Crippen molar-refractivity contribution in [3.05, 3.63) is 35.6 Å². The van der Waals surface area contributed by atoms with Gasteiger partial charge in [-0.1, -0.05) is 31.0 Å². The summed E-state index contributed by atoms with van der Waals surface area (Å²) in [4.78, 5) is 11.6. The fourth-order valence-corrected chi connectivity index (χ4v) is 2.30. The molecule has 0 bridgehead atoms. The van der Waals surface area contributed by atoms with E-state index in [4.69, 9.17) is 0 Å². The third kappa shape index (κ3) is 3.81. The minimum absolute atomic E-state index is 0.00163. The Morgan fingerprint density at radius 1 is 1.28 bits per heavy atom. The number of halogens is 1. The second kappa shape index (κ2) is 6.50. The molecule has 1 aliphatic carbocycles. The summed E-state index contributed by atoms with van der Waals surface area (Å²) >= 11 is 0. The maximum atomic E-state index is 13.3. The van der Waals surface area contributed by atoms with Crippen molar-refractivity contribution in [2.45, 2.75) is 38.3 Å². The first-order valence-corrected chi connectivity index (χ1v) is 6.49. The van der Waals surface area contributed by atoms with E-state index in [2.05, 4.69) is 10.6 Å². The summed E-state index contributed by atoms with van der Waals surface area (Å²) in [5.41, 5.74) is 0.589. The first-order chi connectivity index (χ1) is 8.75. The van der Waals surface area contributed by atoms with Crippen LogP contribution in [0.5, 0.6) is 0 Å². The highest BCUT2D eigenvalue weighted by Crippen LogP contribution is 2.17. The van der Waals surface area contributed by atoms with Crippen molar-refractivity contribution >= 4 is 5.91 Å². The Hall–Kier alpha value is -1.42. The molecule has 0 heterocycles. The van der Waals surface area contributed by atoms with Crippen molar-refractivity contribution in [1.29, 1.82) is 0 Å². The summed E-state index contributed by atoms with van der Waals surface area (Å²) < 4.78 is 13.3. The molecule has 0 aromatic heterocycles. The molecule has 1 fully saturated rings. The molecule has 1 aromatic rings. The zero-order valence-corrected chi connectivity index (χ0v) is 10.4. The SMILES string of the molecule is O=C(CNCc1ccccc1F)NC1CCCC1. The summed E-state index contributed by atoms with van der Waals surface area (Å²) in [6.45, 7) is 0.621. The second-order valence-corrected chi connectivity index (χ2v) is 4.74. The van der Waals surface area contributed by atoms with E-state index in [1.807, 2.05) is 0 Å². The van der Waals surface area contributed by atoms with Crippen molar-refractivity contribution in [1.82, 2.24) is 10.6 Å². The molecule has 0 saturated heterocycles. The minimum atomic E-state index is -0.235. The van der Waals surface area contributed by atoms with Gasteiger partial charge in [-0.2, -0.15) is 0 Å². The summed E-state index contributed by atoms with van der Waals surface area (Å²) in [7, 11) is 0. The van der Waals surface area contributed by atoms with Crippen LogP contribution >= 0.6 is 0 Å². The van der Waals surface area contributed by atoms with Gasteiger partial charge in [0, 0.05) is 18.2 Å². The Morgan fingerprint density at radius 2 is 2.00 bits per heavy atom. The van der Waals surface area contributed by atoms with E-state index in [1.54, 1.807) is 18.2 Å². The van der Waals surface area contributed by atoms with Crippen LogP contribution in [0.3, 0.4) is 0 Å². The largest absolute Gasteiger partial charge is 0.352 e. The number of amides is 1. The predicted molar refractivity (Wildman–Crippen MR) is 68.5 cm³/mol. The molecule has 0 spiro atoms. The molecule has 0 unspecified atom stereocenters. The highest BCUT2D eigenvalue weighted by atomic mass is 19.1. The van der Waals surface area contributed by atoms with Gasteiger partial charge in [-0.05, 0) is 18.9 Å². The lowest BCUT2D eigenvalue weighted by atomic mass is 10.2. The molecule has 1 amide bonds.